The Bertz CT molecular complexity index is 1730. The molecule has 1 heterocycles. The first-order valence-corrected chi connectivity index (χ1v) is 12.8. The molecule has 0 saturated heterocycles. The molecule has 0 aliphatic carbocycles. The minimum absolute atomic E-state index is 0.120. The van der Waals surface area contributed by atoms with Gasteiger partial charge in [0.2, 0.25) is 5.75 Å². The summed E-state index contributed by atoms with van der Waals surface area (Å²) in [6.07, 6.45) is 0.140. The summed E-state index contributed by atoms with van der Waals surface area (Å²) in [5, 5.41) is 16.6. The molecule has 41 heavy (non-hydrogen) atoms. The van der Waals surface area contributed by atoms with Crippen molar-refractivity contribution in [1.29, 1.82) is 0 Å². The fraction of sp³-hybridized carbons (Fsp3) is 0.267. The maximum Gasteiger partial charge on any atom is 0.346 e. The Morgan fingerprint density at radius 2 is 1.83 bits per heavy atom. The molecule has 11 heteroatoms. The fourth-order valence-electron chi connectivity index (χ4n) is 4.40. The van der Waals surface area contributed by atoms with Crippen LogP contribution in [0.15, 0.2) is 64.5 Å². The average molecular weight is 559 g/mol. The molecule has 0 spiro atoms. The monoisotopic (exact) mass is 558 g/mol. The number of esters is 1. The van der Waals surface area contributed by atoms with Gasteiger partial charge in [-0.3, -0.25) is 14.9 Å². The molecule has 11 nitrogen and oxygen atoms in total. The van der Waals surface area contributed by atoms with E-state index in [-0.39, 0.29) is 28.7 Å². The highest BCUT2D eigenvalue weighted by Gasteiger charge is 2.24. The highest BCUT2D eigenvalue weighted by Crippen LogP contribution is 2.34. The SMILES string of the molecule is COC(=O)[C@H](C)Oc1c(C=Nn2c(-c3cc(C(C)C)c(OC)cc3C)nc3ccccc3c2=O)cccc1[N+](=O)[O-]. The third kappa shape index (κ3) is 5.79. The molecule has 1 aromatic heterocycles. The average Bonchev–Trinajstić information content (AvgIpc) is 2.96. The lowest BCUT2D eigenvalue weighted by molar-refractivity contribution is -0.386. The quantitative estimate of drug-likeness (QED) is 0.118. The molecule has 212 valence electrons. The molecule has 0 bridgehead atoms. The van der Waals surface area contributed by atoms with Crippen LogP contribution in [0.25, 0.3) is 22.3 Å². The molecule has 0 radical (unpaired) electrons. The number of aryl methyl sites for hydroxylation is 1. The highest BCUT2D eigenvalue weighted by molar-refractivity contribution is 5.87. The van der Waals surface area contributed by atoms with Crippen LogP contribution in [0, 0.1) is 17.0 Å². The van der Waals surface area contributed by atoms with Crippen molar-refractivity contribution in [1.82, 2.24) is 9.66 Å². The van der Waals surface area contributed by atoms with E-state index in [2.05, 4.69) is 5.10 Å². The first-order valence-electron chi connectivity index (χ1n) is 12.8. The van der Waals surface area contributed by atoms with Gasteiger partial charge in [0.05, 0.1) is 36.3 Å². The minimum Gasteiger partial charge on any atom is -0.496 e. The van der Waals surface area contributed by atoms with Crippen LogP contribution in [-0.2, 0) is 9.53 Å². The summed E-state index contributed by atoms with van der Waals surface area (Å²) in [5.74, 6) is 0.222. The van der Waals surface area contributed by atoms with Gasteiger partial charge in [-0.05, 0) is 61.2 Å². The van der Waals surface area contributed by atoms with Crippen LogP contribution in [0.1, 0.15) is 43.4 Å². The van der Waals surface area contributed by atoms with Crippen LogP contribution in [0.5, 0.6) is 11.5 Å². The van der Waals surface area contributed by atoms with Crippen LogP contribution in [0.3, 0.4) is 0 Å². The topological polar surface area (TPSA) is 135 Å². The van der Waals surface area contributed by atoms with Gasteiger partial charge in [-0.15, -0.1) is 0 Å². The second-order valence-electron chi connectivity index (χ2n) is 9.61. The number of carbonyl (C=O) groups is 1. The van der Waals surface area contributed by atoms with E-state index in [0.717, 1.165) is 21.6 Å². The second-order valence-corrected chi connectivity index (χ2v) is 9.61. The van der Waals surface area contributed by atoms with E-state index in [0.29, 0.717) is 16.5 Å². The number of rotatable bonds is 9. The van der Waals surface area contributed by atoms with Crippen molar-refractivity contribution < 1.29 is 23.9 Å². The van der Waals surface area contributed by atoms with Crippen LogP contribution in [0.4, 0.5) is 5.69 Å². The van der Waals surface area contributed by atoms with Gasteiger partial charge >= 0.3 is 11.7 Å². The van der Waals surface area contributed by atoms with E-state index >= 15 is 0 Å². The zero-order valence-electron chi connectivity index (χ0n) is 23.6. The number of benzene rings is 3. The van der Waals surface area contributed by atoms with Gasteiger partial charge in [0.1, 0.15) is 5.75 Å². The Labute approximate surface area is 236 Å². The first-order chi connectivity index (χ1) is 19.6. The smallest absolute Gasteiger partial charge is 0.346 e. The Morgan fingerprint density at radius 3 is 2.49 bits per heavy atom. The number of hydrogen-bond acceptors (Lipinski definition) is 9. The number of fused-ring (bicyclic) bond motifs is 1. The molecule has 0 aliphatic heterocycles. The van der Waals surface area contributed by atoms with Crippen molar-refractivity contribution in [3.8, 4) is 22.9 Å². The Morgan fingerprint density at radius 1 is 1.10 bits per heavy atom. The molecule has 0 N–H and O–H groups in total. The summed E-state index contributed by atoms with van der Waals surface area (Å²) in [6, 6.07) is 15.0. The number of ether oxygens (including phenoxy) is 3. The Balaban J connectivity index is 1.96. The zero-order chi connectivity index (χ0) is 29.8. The van der Waals surface area contributed by atoms with Gasteiger partial charge in [0.15, 0.2) is 11.9 Å². The van der Waals surface area contributed by atoms with Gasteiger partial charge in [-0.2, -0.15) is 9.78 Å². The molecule has 0 saturated carbocycles. The van der Waals surface area contributed by atoms with Crippen LogP contribution >= 0.6 is 0 Å². The van der Waals surface area contributed by atoms with Crippen LogP contribution in [0.2, 0.25) is 0 Å². The van der Waals surface area contributed by atoms with Gasteiger partial charge < -0.3 is 14.2 Å². The van der Waals surface area contributed by atoms with Crippen LogP contribution in [-0.4, -0.2) is 47.1 Å². The molecular formula is C30H30N4O7. The summed E-state index contributed by atoms with van der Waals surface area (Å²) in [5.41, 5.74) is 2.27. The maximum atomic E-state index is 13.7. The molecule has 0 aliphatic rings. The largest absolute Gasteiger partial charge is 0.496 e. The molecule has 0 fully saturated rings. The summed E-state index contributed by atoms with van der Waals surface area (Å²) in [7, 11) is 2.80. The predicted molar refractivity (Wildman–Crippen MR) is 155 cm³/mol. The minimum atomic E-state index is -1.13. The molecule has 0 amide bonds. The molecule has 4 aromatic rings. The maximum absolute atomic E-state index is 13.7. The number of carbonyl (C=O) groups excluding carboxylic acids is 1. The predicted octanol–water partition coefficient (Wildman–Crippen LogP) is 5.23. The van der Waals surface area contributed by atoms with Gasteiger partial charge in [-0.25, -0.2) is 9.78 Å². The van der Waals surface area contributed by atoms with E-state index in [9.17, 15) is 19.7 Å². The summed E-state index contributed by atoms with van der Waals surface area (Å²) < 4.78 is 17.1. The summed E-state index contributed by atoms with van der Waals surface area (Å²) >= 11 is 0. The molecular weight excluding hydrogens is 528 g/mol. The van der Waals surface area contributed by atoms with Crippen molar-refractivity contribution >= 4 is 28.8 Å². The van der Waals surface area contributed by atoms with Crippen molar-refractivity contribution in [2.24, 2.45) is 5.10 Å². The normalized spacial score (nSPS) is 12.1. The fourth-order valence-corrected chi connectivity index (χ4v) is 4.40. The zero-order valence-corrected chi connectivity index (χ0v) is 23.6. The van der Waals surface area contributed by atoms with E-state index < -0.39 is 22.6 Å². The Hall–Kier alpha value is -5.06. The Kier molecular flexibility index (Phi) is 8.46. The number of methoxy groups -OCH3 is 2. The van der Waals surface area contributed by atoms with E-state index in [1.807, 2.05) is 32.9 Å². The van der Waals surface area contributed by atoms with Crippen molar-refractivity contribution in [2.75, 3.05) is 14.2 Å². The van der Waals surface area contributed by atoms with Crippen LogP contribution < -0.4 is 15.0 Å². The lowest BCUT2D eigenvalue weighted by atomic mass is 9.96. The number of nitro benzene ring substituents is 1. The van der Waals surface area contributed by atoms with Crippen molar-refractivity contribution in [3.63, 3.8) is 0 Å². The lowest BCUT2D eigenvalue weighted by Crippen LogP contribution is -2.26. The van der Waals surface area contributed by atoms with Gasteiger partial charge in [0.25, 0.3) is 5.56 Å². The third-order valence-electron chi connectivity index (χ3n) is 6.55. The van der Waals surface area contributed by atoms with Crippen molar-refractivity contribution in [3.05, 3.63) is 91.8 Å². The van der Waals surface area contributed by atoms with Gasteiger partial charge in [-0.1, -0.05) is 32.0 Å². The summed E-state index contributed by atoms with van der Waals surface area (Å²) in [4.78, 5) is 41.7. The second kappa shape index (κ2) is 12.0. The number of para-hydroxylation sites is 2. The first kappa shape index (κ1) is 28.9. The van der Waals surface area contributed by atoms with E-state index in [1.165, 1.54) is 38.4 Å². The number of nitro groups is 1. The number of hydrogen-bond donors (Lipinski definition) is 0. The number of aromatic nitrogens is 2. The standard InChI is InChI=1S/C30H30N4O7/c1-17(2)22-15-23(18(3)14-26(22)39-5)28-32-24-12-8-7-11-21(24)29(35)33(28)31-16-20-10-9-13-25(34(37)38)27(20)41-19(4)30(36)40-6/h7-17,19H,1-6H3/t19-/m0/s1. The number of nitrogens with zero attached hydrogens (tertiary/aromatic N) is 4. The molecule has 1 atom stereocenters. The lowest BCUT2D eigenvalue weighted by Gasteiger charge is -2.17. The highest BCUT2D eigenvalue weighted by atomic mass is 16.6. The molecule has 0 unspecified atom stereocenters. The van der Waals surface area contributed by atoms with Gasteiger partial charge in [0, 0.05) is 17.2 Å². The van der Waals surface area contributed by atoms with E-state index in [1.54, 1.807) is 31.4 Å². The molecule has 3 aromatic carbocycles. The summed E-state index contributed by atoms with van der Waals surface area (Å²) in [6.45, 7) is 7.38. The third-order valence-corrected chi connectivity index (χ3v) is 6.55. The molecule has 4 rings (SSSR count). The van der Waals surface area contributed by atoms with E-state index in [4.69, 9.17) is 19.2 Å². The van der Waals surface area contributed by atoms with Crippen molar-refractivity contribution in [2.45, 2.75) is 39.7 Å².